The van der Waals surface area contributed by atoms with Gasteiger partial charge in [-0.2, -0.15) is 0 Å². The third-order valence-corrected chi connectivity index (χ3v) is 3.24. The Morgan fingerprint density at radius 3 is 3.06 bits per heavy atom. The molecule has 0 amide bonds. The van der Waals surface area contributed by atoms with Gasteiger partial charge in [-0.3, -0.25) is 4.79 Å². The maximum absolute atomic E-state index is 8.36. The average molecular weight is 267 g/mol. The first-order valence-electron chi connectivity index (χ1n) is 5.45. The lowest BCUT2D eigenvalue weighted by molar-refractivity contribution is -0.122. The Morgan fingerprint density at radius 1 is 1.61 bits per heavy atom. The number of hydrogen-bond donors (Lipinski definition) is 1. The first-order chi connectivity index (χ1) is 8.86. The molecule has 96 valence electrons. The molecule has 6 nitrogen and oxygen atoms in total. The van der Waals surface area contributed by atoms with Gasteiger partial charge in [-0.15, -0.1) is 0 Å². The molecule has 2 aromatic heterocycles. The van der Waals surface area contributed by atoms with Crippen LogP contribution < -0.4 is 0 Å². The fraction of sp³-hybridized carbons (Fsp3) is 0.364. The molecule has 7 heteroatoms. The van der Waals surface area contributed by atoms with E-state index in [9.17, 15) is 0 Å². The van der Waals surface area contributed by atoms with Crippen LogP contribution in [0.5, 0.6) is 0 Å². The predicted octanol–water partition coefficient (Wildman–Crippen LogP) is 1.67. The van der Waals surface area contributed by atoms with Gasteiger partial charge in [0.05, 0.1) is 18.8 Å². The molecule has 0 saturated carbocycles. The molecule has 1 saturated heterocycles. The van der Waals surface area contributed by atoms with Gasteiger partial charge >= 0.3 is 0 Å². The van der Waals surface area contributed by atoms with Crippen LogP contribution in [0.1, 0.15) is 12.5 Å². The van der Waals surface area contributed by atoms with Crippen molar-refractivity contribution >= 4 is 18.0 Å². The summed E-state index contributed by atoms with van der Waals surface area (Å²) >= 11 is 1.45. The second-order valence-electron chi connectivity index (χ2n) is 3.69. The minimum Gasteiger partial charge on any atom is -0.483 e. The fourth-order valence-corrected chi connectivity index (χ4v) is 2.40. The monoisotopic (exact) mass is 267 g/mol. The van der Waals surface area contributed by atoms with E-state index >= 15 is 0 Å². The van der Waals surface area contributed by atoms with Crippen molar-refractivity contribution < 1.29 is 14.6 Å². The number of imidazole rings is 1. The van der Waals surface area contributed by atoms with Gasteiger partial charge < -0.3 is 14.4 Å². The highest BCUT2D eigenvalue weighted by Gasteiger charge is 2.20. The van der Waals surface area contributed by atoms with Crippen molar-refractivity contribution in [2.45, 2.75) is 12.5 Å². The van der Waals surface area contributed by atoms with Gasteiger partial charge in [0.2, 0.25) is 0 Å². The van der Waals surface area contributed by atoms with E-state index in [2.05, 4.69) is 13.9 Å². The van der Waals surface area contributed by atoms with Gasteiger partial charge in [0.1, 0.15) is 5.82 Å². The number of aromatic nitrogens is 3. The van der Waals surface area contributed by atoms with Crippen molar-refractivity contribution in [1.82, 2.24) is 13.9 Å². The van der Waals surface area contributed by atoms with Crippen LogP contribution in [0.3, 0.4) is 0 Å². The lowest BCUT2D eigenvalue weighted by Crippen LogP contribution is -2.08. The number of rotatable bonds is 2. The minimum absolute atomic E-state index is 0.250. The van der Waals surface area contributed by atoms with Crippen LogP contribution >= 0.6 is 11.5 Å². The van der Waals surface area contributed by atoms with E-state index in [1.165, 1.54) is 11.5 Å². The van der Waals surface area contributed by atoms with Crippen LogP contribution in [0.2, 0.25) is 0 Å². The van der Waals surface area contributed by atoms with Gasteiger partial charge in [0.25, 0.3) is 6.47 Å². The normalized spacial score (nSPS) is 18.1. The minimum atomic E-state index is -0.250. The molecular formula is C11H13N3O3S. The van der Waals surface area contributed by atoms with Crippen molar-refractivity contribution in [2.24, 2.45) is 0 Å². The van der Waals surface area contributed by atoms with Crippen LogP contribution in [0, 0.1) is 0 Å². The van der Waals surface area contributed by atoms with Gasteiger partial charge in [-0.1, -0.05) is 0 Å². The fourth-order valence-electron chi connectivity index (χ4n) is 1.89. The molecule has 0 bridgehead atoms. The molecule has 3 heterocycles. The van der Waals surface area contributed by atoms with Gasteiger partial charge in [-0.25, -0.2) is 9.36 Å². The second kappa shape index (κ2) is 6.27. The summed E-state index contributed by atoms with van der Waals surface area (Å²) in [6, 6.07) is 0.433. The predicted molar refractivity (Wildman–Crippen MR) is 66.5 cm³/mol. The lowest BCUT2D eigenvalue weighted by atomic mass is 10.2. The molecule has 1 N–H and O–H groups in total. The largest absolute Gasteiger partial charge is 0.483 e. The number of carboxylic acid groups (broad SMARTS) is 1. The molecule has 2 aromatic rings. The molecule has 1 aliphatic heterocycles. The van der Waals surface area contributed by atoms with E-state index in [0.29, 0.717) is 6.04 Å². The zero-order valence-corrected chi connectivity index (χ0v) is 10.4. The van der Waals surface area contributed by atoms with E-state index in [0.717, 1.165) is 31.0 Å². The van der Waals surface area contributed by atoms with E-state index in [1.807, 2.05) is 24.0 Å². The van der Waals surface area contributed by atoms with Gasteiger partial charge in [0, 0.05) is 29.9 Å². The summed E-state index contributed by atoms with van der Waals surface area (Å²) in [7, 11) is 0. The van der Waals surface area contributed by atoms with Crippen molar-refractivity contribution in [1.29, 1.82) is 0 Å². The Kier molecular flexibility index (Phi) is 4.43. The van der Waals surface area contributed by atoms with Gasteiger partial charge in [0.15, 0.2) is 0 Å². The quantitative estimate of drug-likeness (QED) is 0.837. The molecular weight excluding hydrogens is 254 g/mol. The van der Waals surface area contributed by atoms with Crippen molar-refractivity contribution in [3.05, 3.63) is 24.0 Å². The third-order valence-electron chi connectivity index (χ3n) is 2.66. The Labute approximate surface area is 108 Å². The topological polar surface area (TPSA) is 77.2 Å². The van der Waals surface area contributed by atoms with Crippen LogP contribution in [0.25, 0.3) is 11.4 Å². The molecule has 1 fully saturated rings. The third kappa shape index (κ3) is 2.74. The molecule has 1 aliphatic rings. The van der Waals surface area contributed by atoms with Crippen LogP contribution in [-0.4, -0.2) is 38.7 Å². The van der Waals surface area contributed by atoms with Crippen molar-refractivity contribution in [3.8, 4) is 11.4 Å². The SMILES string of the molecule is O=CO.c1cn(C2CCOC2)c(-c2cnsc2)n1. The molecule has 0 aliphatic carbocycles. The van der Waals surface area contributed by atoms with E-state index in [4.69, 9.17) is 14.6 Å². The van der Waals surface area contributed by atoms with E-state index in [1.54, 1.807) is 0 Å². The summed E-state index contributed by atoms with van der Waals surface area (Å²) < 4.78 is 11.7. The van der Waals surface area contributed by atoms with Crippen molar-refractivity contribution in [2.75, 3.05) is 13.2 Å². The Morgan fingerprint density at radius 2 is 2.44 bits per heavy atom. The second-order valence-corrected chi connectivity index (χ2v) is 4.35. The van der Waals surface area contributed by atoms with E-state index in [-0.39, 0.29) is 6.47 Å². The van der Waals surface area contributed by atoms with Crippen LogP contribution in [0.4, 0.5) is 0 Å². The van der Waals surface area contributed by atoms with Gasteiger partial charge in [-0.05, 0) is 18.0 Å². The molecule has 0 aromatic carbocycles. The number of hydrogen-bond acceptors (Lipinski definition) is 5. The highest BCUT2D eigenvalue weighted by molar-refractivity contribution is 7.03. The summed E-state index contributed by atoms with van der Waals surface area (Å²) in [6.45, 7) is 1.39. The molecule has 1 atom stereocenters. The molecule has 1 unspecified atom stereocenters. The molecule has 0 spiro atoms. The number of carbonyl (C=O) groups is 1. The number of ether oxygens (including phenoxy) is 1. The van der Waals surface area contributed by atoms with Crippen molar-refractivity contribution in [3.63, 3.8) is 0 Å². The Bertz CT molecular complexity index is 477. The zero-order valence-electron chi connectivity index (χ0n) is 9.60. The number of nitrogens with zero attached hydrogens (tertiary/aromatic N) is 3. The summed E-state index contributed by atoms with van der Waals surface area (Å²) in [5.41, 5.74) is 1.09. The first-order valence-corrected chi connectivity index (χ1v) is 6.28. The summed E-state index contributed by atoms with van der Waals surface area (Å²) in [6.07, 6.45) is 6.79. The smallest absolute Gasteiger partial charge is 0.290 e. The maximum Gasteiger partial charge on any atom is 0.290 e. The summed E-state index contributed by atoms with van der Waals surface area (Å²) in [4.78, 5) is 12.7. The summed E-state index contributed by atoms with van der Waals surface area (Å²) in [5, 5.41) is 8.91. The lowest BCUT2D eigenvalue weighted by Gasteiger charge is -2.12. The highest BCUT2D eigenvalue weighted by atomic mass is 32.1. The highest BCUT2D eigenvalue weighted by Crippen LogP contribution is 2.26. The molecule has 3 rings (SSSR count). The standard InChI is InChI=1S/C10H11N3OS.CH2O2/c1-4-14-6-9(1)13-3-2-11-10(13)8-5-12-15-7-8;2-1-3/h2-3,5,7,9H,1,4,6H2;1H,(H,2,3). The van der Waals surface area contributed by atoms with E-state index < -0.39 is 0 Å². The summed E-state index contributed by atoms with van der Waals surface area (Å²) in [5.74, 6) is 0.999. The Hall–Kier alpha value is -1.73. The average Bonchev–Trinajstić information content (AvgIpc) is 3.13. The maximum atomic E-state index is 8.36. The molecule has 18 heavy (non-hydrogen) atoms. The molecule has 0 radical (unpaired) electrons. The first kappa shape index (κ1) is 12.7. The Balaban J connectivity index is 0.000000367. The zero-order chi connectivity index (χ0) is 12.8. The van der Waals surface area contributed by atoms with Crippen LogP contribution in [0.15, 0.2) is 24.0 Å². The van der Waals surface area contributed by atoms with Crippen LogP contribution in [-0.2, 0) is 9.53 Å².